The smallest absolute Gasteiger partial charge is 0.0541 e. The zero-order chi connectivity index (χ0) is 44.9. The summed E-state index contributed by atoms with van der Waals surface area (Å²) in [6.07, 6.45) is 0. The monoisotopic (exact) mass is 920 g/mol. The number of benzene rings is 10. The van der Waals surface area contributed by atoms with Crippen molar-refractivity contribution in [1.29, 1.82) is 0 Å². The van der Waals surface area contributed by atoms with Gasteiger partial charge in [-0.25, -0.2) is 0 Å². The first-order valence-corrected chi connectivity index (χ1v) is 24.2. The molecule has 67 heavy (non-hydrogen) atoms. The van der Waals surface area contributed by atoms with Crippen molar-refractivity contribution in [1.82, 2.24) is 9.13 Å². The molecule has 2 nitrogen and oxygen atoms in total. The van der Waals surface area contributed by atoms with Gasteiger partial charge in [-0.1, -0.05) is 165 Å². The molecule has 0 radical (unpaired) electrons. The van der Waals surface area contributed by atoms with Crippen LogP contribution in [0.5, 0.6) is 0 Å². The predicted molar refractivity (Wildman–Crippen MR) is 286 cm³/mol. The van der Waals surface area contributed by atoms with Crippen LogP contribution in [-0.2, 0) is 10.8 Å². The fourth-order valence-corrected chi connectivity index (χ4v) is 12.7. The summed E-state index contributed by atoms with van der Waals surface area (Å²) in [5.41, 5.74) is 22.7. The van der Waals surface area contributed by atoms with Crippen molar-refractivity contribution in [3.05, 3.63) is 227 Å². The number of hydrogen-bond acceptors (Lipinski definition) is 0. The third kappa shape index (κ3) is 5.44. The standard InChI is InChI=1S/C64H45BrN2/c1-63(2)54-18-10-7-15-47(54)48-26-24-44(36-56(48)63)66-58-19-11-8-16-49(58)52-34-39(22-29-60(52)66)41-31-42(33-43(65)32-41)40-23-30-61-53(35-40)50-17-9-12-20-59(50)67(61)45-25-27-51-57(37-45)64(3,4)55-28-21-38-13-5-6-14-46(38)62(51)55/h5-37H,1-4H3. The number of fused-ring (bicyclic) bond motifs is 14. The highest BCUT2D eigenvalue weighted by atomic mass is 79.9. The molecular weight excluding hydrogens is 877 g/mol. The van der Waals surface area contributed by atoms with Crippen molar-refractivity contribution in [3.63, 3.8) is 0 Å². The molecule has 2 aliphatic carbocycles. The maximum absolute atomic E-state index is 3.95. The zero-order valence-electron chi connectivity index (χ0n) is 37.8. The maximum atomic E-state index is 3.95. The summed E-state index contributed by atoms with van der Waals surface area (Å²) < 4.78 is 5.98. The van der Waals surface area contributed by atoms with E-state index in [0.717, 1.165) is 4.47 Å². The van der Waals surface area contributed by atoms with Crippen molar-refractivity contribution in [2.75, 3.05) is 0 Å². The molecule has 0 amide bonds. The van der Waals surface area contributed by atoms with Gasteiger partial charge < -0.3 is 9.13 Å². The number of para-hydroxylation sites is 2. The van der Waals surface area contributed by atoms with Crippen LogP contribution in [0.25, 0.3) is 110 Å². The highest BCUT2D eigenvalue weighted by Gasteiger charge is 2.37. The molecule has 2 aliphatic rings. The molecule has 0 spiro atoms. The van der Waals surface area contributed by atoms with Gasteiger partial charge in [0.2, 0.25) is 0 Å². The van der Waals surface area contributed by atoms with Gasteiger partial charge in [-0.05, 0) is 156 Å². The summed E-state index contributed by atoms with van der Waals surface area (Å²) in [6.45, 7) is 9.48. The van der Waals surface area contributed by atoms with Crippen LogP contribution in [0.3, 0.4) is 0 Å². The summed E-state index contributed by atoms with van der Waals surface area (Å²) in [5.74, 6) is 0. The molecule has 0 N–H and O–H groups in total. The quantitative estimate of drug-likeness (QED) is 0.166. The highest BCUT2D eigenvalue weighted by Crippen LogP contribution is 2.53. The van der Waals surface area contributed by atoms with E-state index in [1.165, 1.54) is 133 Å². The van der Waals surface area contributed by atoms with E-state index in [1.807, 2.05) is 0 Å². The van der Waals surface area contributed by atoms with Crippen LogP contribution in [0.15, 0.2) is 205 Å². The Kier molecular flexibility index (Phi) is 7.98. The van der Waals surface area contributed by atoms with Gasteiger partial charge >= 0.3 is 0 Å². The first-order valence-electron chi connectivity index (χ1n) is 23.4. The summed E-state index contributed by atoms with van der Waals surface area (Å²) in [5, 5.41) is 7.62. The van der Waals surface area contributed by atoms with Crippen molar-refractivity contribution in [2.45, 2.75) is 38.5 Å². The molecule has 10 aromatic carbocycles. The van der Waals surface area contributed by atoms with E-state index < -0.39 is 0 Å². The summed E-state index contributed by atoms with van der Waals surface area (Å²) >= 11 is 3.95. The summed E-state index contributed by atoms with van der Waals surface area (Å²) in [6, 6.07) is 75.2. The van der Waals surface area contributed by atoms with E-state index in [2.05, 4.69) is 253 Å². The minimum Gasteiger partial charge on any atom is -0.309 e. The van der Waals surface area contributed by atoms with E-state index in [9.17, 15) is 0 Å². The fraction of sp³-hybridized carbons (Fsp3) is 0.0938. The second-order valence-electron chi connectivity index (χ2n) is 19.9. The van der Waals surface area contributed by atoms with Crippen molar-refractivity contribution in [2.24, 2.45) is 0 Å². The Morgan fingerprint density at radius 3 is 1.46 bits per heavy atom. The van der Waals surface area contributed by atoms with Crippen molar-refractivity contribution >= 4 is 70.3 Å². The Bertz CT molecular complexity index is 4120. The minimum absolute atomic E-state index is 0.0720. The lowest BCUT2D eigenvalue weighted by atomic mass is 9.82. The van der Waals surface area contributed by atoms with Gasteiger partial charge in [-0.3, -0.25) is 0 Å². The second-order valence-corrected chi connectivity index (χ2v) is 20.8. The van der Waals surface area contributed by atoms with Gasteiger partial charge in [0.05, 0.1) is 22.1 Å². The predicted octanol–water partition coefficient (Wildman–Crippen LogP) is 17.7. The Hall–Kier alpha value is -7.46. The van der Waals surface area contributed by atoms with Crippen LogP contribution >= 0.6 is 15.9 Å². The Labute approximate surface area is 398 Å². The lowest BCUT2D eigenvalue weighted by Crippen LogP contribution is -2.15. The van der Waals surface area contributed by atoms with E-state index in [1.54, 1.807) is 0 Å². The molecule has 14 rings (SSSR count). The first-order chi connectivity index (χ1) is 32.6. The zero-order valence-corrected chi connectivity index (χ0v) is 39.4. The average Bonchev–Trinajstić information content (AvgIpc) is 4.02. The van der Waals surface area contributed by atoms with E-state index in [0.29, 0.717) is 0 Å². The summed E-state index contributed by atoms with van der Waals surface area (Å²) in [4.78, 5) is 0. The SMILES string of the molecule is CC1(C)c2ccccc2-c2ccc(-n3c4ccccc4c4cc(-c5cc(Br)cc(-c6ccc7c(c6)c6ccccc6n7-c6ccc7c(c6)C(C)(C)c6ccc8ccccc8c6-7)c5)ccc43)cc21. The number of halogens is 1. The Morgan fingerprint density at radius 2 is 0.821 bits per heavy atom. The van der Waals surface area contributed by atoms with Gasteiger partial charge in [0.25, 0.3) is 0 Å². The van der Waals surface area contributed by atoms with E-state index in [-0.39, 0.29) is 10.8 Å². The van der Waals surface area contributed by atoms with Crippen LogP contribution in [0.4, 0.5) is 0 Å². The molecule has 12 aromatic rings. The van der Waals surface area contributed by atoms with Gasteiger partial charge in [-0.15, -0.1) is 0 Å². The van der Waals surface area contributed by atoms with Crippen molar-refractivity contribution in [3.8, 4) is 55.9 Å². The molecule has 0 bridgehead atoms. The Morgan fingerprint density at radius 1 is 0.328 bits per heavy atom. The number of nitrogens with zero attached hydrogens (tertiary/aromatic N) is 2. The number of rotatable bonds is 4. The maximum Gasteiger partial charge on any atom is 0.0541 e. The average molecular weight is 922 g/mol. The van der Waals surface area contributed by atoms with Gasteiger partial charge in [-0.2, -0.15) is 0 Å². The molecule has 2 aromatic heterocycles. The Balaban J connectivity index is 0.867. The topological polar surface area (TPSA) is 9.86 Å². The fourth-order valence-electron chi connectivity index (χ4n) is 12.2. The van der Waals surface area contributed by atoms with Crippen LogP contribution in [0, 0.1) is 0 Å². The highest BCUT2D eigenvalue weighted by molar-refractivity contribution is 9.10. The molecule has 0 atom stereocenters. The summed E-state index contributed by atoms with van der Waals surface area (Å²) in [7, 11) is 0. The van der Waals surface area contributed by atoms with Crippen LogP contribution in [0.2, 0.25) is 0 Å². The molecule has 0 aliphatic heterocycles. The minimum atomic E-state index is -0.121. The molecule has 3 heteroatoms. The number of hydrogen-bond donors (Lipinski definition) is 0. The lowest BCUT2D eigenvalue weighted by molar-refractivity contribution is 0.660. The first kappa shape index (κ1) is 38.8. The third-order valence-electron chi connectivity index (χ3n) is 15.5. The molecule has 318 valence electrons. The molecule has 0 saturated carbocycles. The molecule has 0 fully saturated rings. The lowest BCUT2D eigenvalue weighted by Gasteiger charge is -2.22. The molecule has 0 unspecified atom stereocenters. The van der Waals surface area contributed by atoms with Crippen LogP contribution < -0.4 is 0 Å². The van der Waals surface area contributed by atoms with Gasteiger partial charge in [0, 0.05) is 48.2 Å². The third-order valence-corrected chi connectivity index (χ3v) is 16.0. The van der Waals surface area contributed by atoms with Gasteiger partial charge in [0.15, 0.2) is 0 Å². The van der Waals surface area contributed by atoms with Crippen LogP contribution in [-0.4, -0.2) is 9.13 Å². The van der Waals surface area contributed by atoms with Crippen molar-refractivity contribution < 1.29 is 0 Å². The molecular formula is C64H45BrN2. The normalized spacial score (nSPS) is 14.3. The van der Waals surface area contributed by atoms with E-state index >= 15 is 0 Å². The second kappa shape index (κ2) is 13.8. The molecule has 2 heterocycles. The van der Waals surface area contributed by atoms with Crippen LogP contribution in [0.1, 0.15) is 49.9 Å². The number of aromatic nitrogens is 2. The van der Waals surface area contributed by atoms with E-state index in [4.69, 9.17) is 0 Å². The molecule has 0 saturated heterocycles. The van der Waals surface area contributed by atoms with Gasteiger partial charge in [0.1, 0.15) is 0 Å². The largest absolute Gasteiger partial charge is 0.309 e.